The third kappa shape index (κ3) is 2.33. The van der Waals surface area contributed by atoms with Crippen molar-refractivity contribution in [1.29, 1.82) is 0 Å². The van der Waals surface area contributed by atoms with Crippen molar-refractivity contribution < 1.29 is 0 Å². The summed E-state index contributed by atoms with van der Waals surface area (Å²) < 4.78 is 2.35. The van der Waals surface area contributed by atoms with Gasteiger partial charge in [-0.15, -0.1) is 0 Å². The maximum Gasteiger partial charge on any atom is 0.224 e. The second-order valence-corrected chi connectivity index (χ2v) is 4.29. The molecule has 1 N–H and O–H groups in total. The van der Waals surface area contributed by atoms with Crippen LogP contribution in [0.2, 0.25) is 5.02 Å². The van der Waals surface area contributed by atoms with Crippen LogP contribution in [-0.4, -0.2) is 26.3 Å². The zero-order chi connectivity index (χ0) is 11.5. The van der Waals surface area contributed by atoms with Crippen LogP contribution in [-0.2, 0) is 0 Å². The van der Waals surface area contributed by atoms with Crippen LogP contribution in [0.15, 0.2) is 23.1 Å². The van der Waals surface area contributed by atoms with Gasteiger partial charge in [-0.05, 0) is 22.9 Å². The van der Waals surface area contributed by atoms with Gasteiger partial charge in [-0.25, -0.2) is 9.67 Å². The highest BCUT2D eigenvalue weighted by Gasteiger charge is 2.08. The molecule has 0 radical (unpaired) electrons. The highest BCUT2D eigenvalue weighted by atomic mass is 79.9. The van der Waals surface area contributed by atoms with Crippen LogP contribution in [0.1, 0.15) is 6.92 Å². The molecule has 2 aromatic rings. The van der Waals surface area contributed by atoms with E-state index >= 15 is 0 Å². The lowest BCUT2D eigenvalue weighted by Crippen LogP contribution is -2.06. The molecule has 0 fully saturated rings. The zero-order valence-electron chi connectivity index (χ0n) is 8.48. The molecule has 0 aliphatic heterocycles. The first-order valence-corrected chi connectivity index (χ1v) is 5.84. The van der Waals surface area contributed by atoms with Gasteiger partial charge < -0.3 is 5.32 Å². The van der Waals surface area contributed by atoms with Crippen molar-refractivity contribution >= 4 is 33.5 Å². The average molecular weight is 303 g/mol. The van der Waals surface area contributed by atoms with Crippen molar-refractivity contribution in [3.63, 3.8) is 0 Å². The lowest BCUT2D eigenvalue weighted by Gasteiger charge is -2.06. The molecule has 0 saturated carbocycles. The Hall–Kier alpha value is -1.14. The first-order valence-electron chi connectivity index (χ1n) is 4.67. The Labute approximate surface area is 106 Å². The molecule has 16 heavy (non-hydrogen) atoms. The Kier molecular flexibility index (Phi) is 3.40. The van der Waals surface area contributed by atoms with Crippen LogP contribution >= 0.6 is 27.5 Å². The lowest BCUT2D eigenvalue weighted by atomic mass is 10.5. The molecule has 0 unspecified atom stereocenters. The highest BCUT2D eigenvalue weighted by Crippen LogP contribution is 2.20. The van der Waals surface area contributed by atoms with E-state index in [1.165, 1.54) is 0 Å². The number of nitrogens with zero attached hydrogens (tertiary/aromatic N) is 4. The molecular weight excluding hydrogens is 293 g/mol. The molecule has 84 valence electrons. The molecule has 2 aromatic heterocycles. The van der Waals surface area contributed by atoms with Gasteiger partial charge in [0.05, 0.1) is 21.9 Å². The molecule has 0 spiro atoms. The van der Waals surface area contributed by atoms with Gasteiger partial charge in [0.2, 0.25) is 5.95 Å². The molecular formula is C9H9BrClN5. The normalized spacial score (nSPS) is 10.4. The van der Waals surface area contributed by atoms with Crippen molar-refractivity contribution in [3.05, 3.63) is 28.1 Å². The zero-order valence-corrected chi connectivity index (χ0v) is 10.8. The van der Waals surface area contributed by atoms with Crippen LogP contribution in [0.4, 0.5) is 5.95 Å². The van der Waals surface area contributed by atoms with E-state index < -0.39 is 0 Å². The van der Waals surface area contributed by atoms with E-state index in [4.69, 9.17) is 11.6 Å². The Morgan fingerprint density at radius 1 is 1.50 bits per heavy atom. The summed E-state index contributed by atoms with van der Waals surface area (Å²) in [5, 5.41) is 7.68. The van der Waals surface area contributed by atoms with E-state index in [0.29, 0.717) is 16.8 Å². The third-order valence-electron chi connectivity index (χ3n) is 1.83. The Bertz CT molecular complexity index is 498. The summed E-state index contributed by atoms with van der Waals surface area (Å²) in [6.07, 6.45) is 4.92. The molecule has 7 heteroatoms. The van der Waals surface area contributed by atoms with Gasteiger partial charge in [0.25, 0.3) is 0 Å². The quantitative estimate of drug-likeness (QED) is 0.946. The predicted molar refractivity (Wildman–Crippen MR) is 66.0 cm³/mol. The number of halogens is 2. The van der Waals surface area contributed by atoms with E-state index in [9.17, 15) is 0 Å². The van der Waals surface area contributed by atoms with E-state index in [0.717, 1.165) is 11.0 Å². The van der Waals surface area contributed by atoms with Gasteiger partial charge in [-0.3, -0.25) is 0 Å². The summed E-state index contributed by atoms with van der Waals surface area (Å²) in [5.74, 6) is 1.21. The molecule has 0 amide bonds. The van der Waals surface area contributed by atoms with E-state index in [-0.39, 0.29) is 0 Å². The summed E-state index contributed by atoms with van der Waals surface area (Å²) >= 11 is 9.18. The van der Waals surface area contributed by atoms with Crippen LogP contribution in [0.25, 0.3) is 5.82 Å². The SMILES string of the molecule is CCNc1ncc(Br)c(-n2cc(Cl)cn2)n1. The summed E-state index contributed by atoms with van der Waals surface area (Å²) in [6, 6.07) is 0. The summed E-state index contributed by atoms with van der Waals surface area (Å²) in [4.78, 5) is 8.44. The molecule has 0 bridgehead atoms. The second kappa shape index (κ2) is 4.80. The maximum absolute atomic E-state index is 5.81. The van der Waals surface area contributed by atoms with Crippen molar-refractivity contribution in [3.8, 4) is 5.82 Å². The lowest BCUT2D eigenvalue weighted by molar-refractivity contribution is 0.833. The monoisotopic (exact) mass is 301 g/mol. The van der Waals surface area contributed by atoms with Gasteiger partial charge >= 0.3 is 0 Å². The van der Waals surface area contributed by atoms with Crippen LogP contribution in [0, 0.1) is 0 Å². The fourth-order valence-electron chi connectivity index (χ4n) is 1.18. The van der Waals surface area contributed by atoms with Crippen molar-refractivity contribution in [2.75, 3.05) is 11.9 Å². The molecule has 0 saturated heterocycles. The van der Waals surface area contributed by atoms with Gasteiger partial charge in [0.1, 0.15) is 0 Å². The average Bonchev–Trinajstić information content (AvgIpc) is 2.68. The topological polar surface area (TPSA) is 55.6 Å². The Balaban J connectivity index is 2.42. The van der Waals surface area contributed by atoms with Gasteiger partial charge in [0, 0.05) is 12.7 Å². The molecule has 2 heterocycles. The van der Waals surface area contributed by atoms with Gasteiger partial charge in [0.15, 0.2) is 5.82 Å². The molecule has 0 aromatic carbocycles. The smallest absolute Gasteiger partial charge is 0.224 e. The van der Waals surface area contributed by atoms with Gasteiger partial charge in [-0.2, -0.15) is 10.1 Å². The van der Waals surface area contributed by atoms with Crippen molar-refractivity contribution in [2.24, 2.45) is 0 Å². The number of aromatic nitrogens is 4. The number of rotatable bonds is 3. The third-order valence-corrected chi connectivity index (χ3v) is 2.58. The minimum Gasteiger partial charge on any atom is -0.354 e. The largest absolute Gasteiger partial charge is 0.354 e. The van der Waals surface area contributed by atoms with Crippen LogP contribution < -0.4 is 5.32 Å². The molecule has 5 nitrogen and oxygen atoms in total. The highest BCUT2D eigenvalue weighted by molar-refractivity contribution is 9.10. The van der Waals surface area contributed by atoms with E-state index in [2.05, 4.69) is 36.3 Å². The summed E-state index contributed by atoms with van der Waals surface area (Å²) in [6.45, 7) is 2.75. The molecule has 0 aliphatic carbocycles. The fraction of sp³-hybridized carbons (Fsp3) is 0.222. The van der Waals surface area contributed by atoms with Crippen molar-refractivity contribution in [1.82, 2.24) is 19.7 Å². The predicted octanol–water partition coefficient (Wildman–Crippen LogP) is 2.51. The summed E-state index contributed by atoms with van der Waals surface area (Å²) in [5.41, 5.74) is 0. The van der Waals surface area contributed by atoms with Crippen molar-refractivity contribution in [2.45, 2.75) is 6.92 Å². The number of hydrogen-bond acceptors (Lipinski definition) is 4. The molecule has 0 aliphatic rings. The fourth-order valence-corrected chi connectivity index (χ4v) is 1.69. The number of nitrogens with one attached hydrogen (secondary N) is 1. The first-order chi connectivity index (χ1) is 7.70. The van der Waals surface area contributed by atoms with Crippen LogP contribution in [0.5, 0.6) is 0 Å². The minimum absolute atomic E-state index is 0.562. The van der Waals surface area contributed by atoms with Crippen LogP contribution in [0.3, 0.4) is 0 Å². The molecule has 0 atom stereocenters. The Morgan fingerprint density at radius 3 is 2.94 bits per heavy atom. The second-order valence-electron chi connectivity index (χ2n) is 3.00. The van der Waals surface area contributed by atoms with Gasteiger partial charge in [-0.1, -0.05) is 11.6 Å². The number of anilines is 1. The Morgan fingerprint density at radius 2 is 2.31 bits per heavy atom. The number of hydrogen-bond donors (Lipinski definition) is 1. The maximum atomic E-state index is 5.81. The van der Waals surface area contributed by atoms with E-state index in [1.54, 1.807) is 23.3 Å². The first kappa shape index (κ1) is 11.3. The summed E-state index contributed by atoms with van der Waals surface area (Å²) in [7, 11) is 0. The minimum atomic E-state index is 0.562. The standard InChI is InChI=1S/C9H9BrClN5/c1-2-12-9-13-4-7(10)8(15-9)16-5-6(11)3-14-16/h3-5H,2H2,1H3,(H,12,13,15). The van der Waals surface area contributed by atoms with E-state index in [1.807, 2.05) is 6.92 Å². The molecule has 2 rings (SSSR count).